The van der Waals surface area contributed by atoms with Crippen LogP contribution in [0.1, 0.15) is 0 Å². The SMILES string of the molecule is O=C([O-])OC(=O)[O-].[K+]. The van der Waals surface area contributed by atoms with Gasteiger partial charge in [-0.1, -0.05) is 0 Å². The molecule has 0 atom stereocenters. The minimum atomic E-state index is -2.12. The maximum Gasteiger partial charge on any atom is 1.00 e. The molecule has 0 heterocycles. The van der Waals surface area contributed by atoms with Crippen LogP contribution >= 0.6 is 0 Å². The van der Waals surface area contributed by atoms with E-state index in [1.54, 1.807) is 0 Å². The van der Waals surface area contributed by atoms with Crippen molar-refractivity contribution in [3.8, 4) is 0 Å². The Bertz CT molecular complexity index is 86.6. The summed E-state index contributed by atoms with van der Waals surface area (Å²) < 4.78 is 2.86. The predicted octanol–water partition coefficient (Wildman–Crippen LogP) is -5.31. The molecule has 0 aliphatic rings. The maximum absolute atomic E-state index is 9.06. The van der Waals surface area contributed by atoms with Crippen LogP contribution in [0.2, 0.25) is 0 Å². The number of hydrogen-bond donors (Lipinski definition) is 0. The molecule has 40 valence electrons. The van der Waals surface area contributed by atoms with Crippen LogP contribution in [0.3, 0.4) is 0 Å². The number of rotatable bonds is 0. The molecular formula is C2KO5-. The number of hydrogen-bond acceptors (Lipinski definition) is 5. The van der Waals surface area contributed by atoms with Crippen molar-refractivity contribution in [1.82, 2.24) is 0 Å². The monoisotopic (exact) mass is 143 g/mol. The van der Waals surface area contributed by atoms with E-state index in [1.807, 2.05) is 0 Å². The Hall–Kier alpha value is 0.376. The molecule has 0 unspecified atom stereocenters. The van der Waals surface area contributed by atoms with E-state index < -0.39 is 12.3 Å². The smallest absolute Gasteiger partial charge is 0.483 e. The van der Waals surface area contributed by atoms with Crippen molar-refractivity contribution in [2.45, 2.75) is 0 Å². The molecule has 0 spiro atoms. The van der Waals surface area contributed by atoms with E-state index in [4.69, 9.17) is 19.8 Å². The zero-order chi connectivity index (χ0) is 5.86. The molecule has 0 bridgehead atoms. The zero-order valence-electron chi connectivity index (χ0n) is 4.04. The third kappa shape index (κ3) is 9.62. The summed E-state index contributed by atoms with van der Waals surface area (Å²) in [5, 5.41) is 18.1. The van der Waals surface area contributed by atoms with Crippen LogP contribution in [-0.2, 0) is 4.74 Å². The van der Waals surface area contributed by atoms with E-state index in [2.05, 4.69) is 4.74 Å². The quantitative estimate of drug-likeness (QED) is 0.192. The molecule has 0 N–H and O–H groups in total. The molecule has 0 aromatic rings. The Morgan fingerprint density at radius 1 is 1.12 bits per heavy atom. The normalized spacial score (nSPS) is 6.50. The molecular weight excluding hydrogens is 143 g/mol. The van der Waals surface area contributed by atoms with Gasteiger partial charge < -0.3 is 24.5 Å². The van der Waals surface area contributed by atoms with Gasteiger partial charge in [-0.25, -0.2) is 0 Å². The van der Waals surface area contributed by atoms with Crippen LogP contribution in [0, 0.1) is 0 Å². The van der Waals surface area contributed by atoms with Gasteiger partial charge in [-0.3, -0.25) is 0 Å². The molecule has 0 amide bonds. The second-order valence-electron chi connectivity index (χ2n) is 0.602. The molecule has 0 rings (SSSR count). The van der Waals surface area contributed by atoms with Gasteiger partial charge in [0, 0.05) is 0 Å². The molecule has 0 saturated heterocycles. The van der Waals surface area contributed by atoms with Crippen LogP contribution in [0.4, 0.5) is 9.59 Å². The molecule has 0 fully saturated rings. The van der Waals surface area contributed by atoms with Gasteiger partial charge in [-0.05, 0) is 0 Å². The summed E-state index contributed by atoms with van der Waals surface area (Å²) in [6, 6.07) is 0. The number of carbonyl (C=O) groups is 2. The molecule has 0 aromatic carbocycles. The van der Waals surface area contributed by atoms with Crippen LogP contribution in [-0.4, -0.2) is 12.3 Å². The summed E-state index contributed by atoms with van der Waals surface area (Å²) in [6.45, 7) is 0. The molecule has 0 radical (unpaired) electrons. The minimum absolute atomic E-state index is 0. The average molecular weight is 143 g/mol. The van der Waals surface area contributed by atoms with Crippen molar-refractivity contribution in [2.75, 3.05) is 0 Å². The summed E-state index contributed by atoms with van der Waals surface area (Å²) in [5.41, 5.74) is 0. The third-order valence-electron chi connectivity index (χ3n) is 0.167. The zero-order valence-corrected chi connectivity index (χ0v) is 7.16. The Morgan fingerprint density at radius 2 is 1.38 bits per heavy atom. The van der Waals surface area contributed by atoms with Gasteiger partial charge in [0.05, 0.1) is 0 Å². The first-order chi connectivity index (χ1) is 3.13. The first-order valence-corrected chi connectivity index (χ1v) is 1.22. The average Bonchev–Trinajstić information content (AvgIpc) is 1.27. The van der Waals surface area contributed by atoms with E-state index in [0.29, 0.717) is 0 Å². The van der Waals surface area contributed by atoms with Gasteiger partial charge in [0.2, 0.25) is 0 Å². The first-order valence-electron chi connectivity index (χ1n) is 1.22. The molecule has 0 saturated carbocycles. The van der Waals surface area contributed by atoms with E-state index in [9.17, 15) is 0 Å². The van der Waals surface area contributed by atoms with E-state index in [1.165, 1.54) is 0 Å². The fraction of sp³-hybridized carbons (Fsp3) is 0. The summed E-state index contributed by atoms with van der Waals surface area (Å²) >= 11 is 0. The molecule has 8 heavy (non-hydrogen) atoms. The minimum Gasteiger partial charge on any atom is -0.483 e. The van der Waals surface area contributed by atoms with Crippen molar-refractivity contribution in [2.24, 2.45) is 0 Å². The standard InChI is InChI=1S/C2H2O5.K/c3-1(4)7-2(5)6;/h(H,3,4)(H,5,6);/q;+1/p-2. The van der Waals surface area contributed by atoms with Gasteiger partial charge in [0.25, 0.3) is 12.3 Å². The van der Waals surface area contributed by atoms with E-state index >= 15 is 0 Å². The topological polar surface area (TPSA) is 89.5 Å². The summed E-state index contributed by atoms with van der Waals surface area (Å²) in [5.74, 6) is 0. The van der Waals surface area contributed by atoms with Crippen LogP contribution in [0.5, 0.6) is 0 Å². The molecule has 5 nitrogen and oxygen atoms in total. The Balaban J connectivity index is 0. The van der Waals surface area contributed by atoms with Crippen LogP contribution < -0.4 is 61.6 Å². The predicted molar refractivity (Wildman–Crippen MR) is 11.9 cm³/mol. The van der Waals surface area contributed by atoms with Crippen molar-refractivity contribution in [1.29, 1.82) is 0 Å². The number of carboxylic acid groups (broad SMARTS) is 2. The molecule has 0 aromatic heterocycles. The van der Waals surface area contributed by atoms with E-state index in [-0.39, 0.29) is 51.4 Å². The van der Waals surface area contributed by atoms with Gasteiger partial charge in [0.15, 0.2) is 0 Å². The van der Waals surface area contributed by atoms with Crippen molar-refractivity contribution < 1.29 is 75.9 Å². The second kappa shape index (κ2) is 5.51. The Kier molecular flexibility index (Phi) is 7.72. The largest absolute Gasteiger partial charge is 1.00 e. The van der Waals surface area contributed by atoms with E-state index in [0.717, 1.165) is 0 Å². The summed E-state index contributed by atoms with van der Waals surface area (Å²) in [7, 11) is 0. The molecule has 0 aliphatic carbocycles. The van der Waals surface area contributed by atoms with Crippen molar-refractivity contribution in [3.05, 3.63) is 0 Å². The van der Waals surface area contributed by atoms with Crippen molar-refractivity contribution >= 4 is 12.3 Å². The molecule has 0 aliphatic heterocycles. The van der Waals surface area contributed by atoms with Gasteiger partial charge in [0.1, 0.15) is 0 Å². The fourth-order valence-corrected chi connectivity index (χ4v) is 0.0680. The number of carbonyl (C=O) groups excluding carboxylic acids is 2. The number of ether oxygens (including phenoxy) is 1. The van der Waals surface area contributed by atoms with Gasteiger partial charge >= 0.3 is 51.4 Å². The van der Waals surface area contributed by atoms with Crippen LogP contribution in [0.15, 0.2) is 0 Å². The first kappa shape index (κ1) is 11.2. The fourth-order valence-electron chi connectivity index (χ4n) is 0.0680. The van der Waals surface area contributed by atoms with Gasteiger partial charge in [-0.15, -0.1) is 0 Å². The third-order valence-corrected chi connectivity index (χ3v) is 0.167. The summed E-state index contributed by atoms with van der Waals surface area (Å²) in [4.78, 5) is 18.1. The van der Waals surface area contributed by atoms with Crippen LogP contribution in [0.25, 0.3) is 0 Å². The molecule has 6 heteroatoms. The second-order valence-corrected chi connectivity index (χ2v) is 0.602. The van der Waals surface area contributed by atoms with Crippen molar-refractivity contribution in [3.63, 3.8) is 0 Å². The van der Waals surface area contributed by atoms with Gasteiger partial charge in [-0.2, -0.15) is 0 Å². The Morgan fingerprint density at radius 3 is 1.38 bits per heavy atom. The maximum atomic E-state index is 9.06. The summed E-state index contributed by atoms with van der Waals surface area (Å²) in [6.07, 6.45) is -4.25. The Labute approximate surface area is 87.1 Å².